The van der Waals surface area contributed by atoms with Crippen LogP contribution in [0.15, 0.2) is 23.5 Å². The summed E-state index contributed by atoms with van der Waals surface area (Å²) in [6.45, 7) is 7.19. The Morgan fingerprint density at radius 2 is 1.62 bits per heavy atom. The lowest BCUT2D eigenvalue weighted by atomic mass is 10.2. The monoisotopic (exact) mass is 112 g/mol. The molecule has 4 N–H and O–H groups in total. The van der Waals surface area contributed by atoms with Crippen molar-refractivity contribution in [2.75, 3.05) is 0 Å². The maximum absolute atomic E-state index is 5.41. The fraction of sp³-hybridized carbons (Fsp3) is 0.333. The van der Waals surface area contributed by atoms with E-state index in [1.54, 1.807) is 6.92 Å². The van der Waals surface area contributed by atoms with Gasteiger partial charge in [0.15, 0.2) is 0 Å². The van der Waals surface area contributed by atoms with Gasteiger partial charge >= 0.3 is 0 Å². The van der Waals surface area contributed by atoms with Gasteiger partial charge in [-0.15, -0.1) is 0 Å². The summed E-state index contributed by atoms with van der Waals surface area (Å²) in [4.78, 5) is 0. The minimum Gasteiger partial charge on any atom is -0.401 e. The Bertz CT molecular complexity index is 129. The van der Waals surface area contributed by atoms with E-state index in [1.807, 2.05) is 6.92 Å². The summed E-state index contributed by atoms with van der Waals surface area (Å²) >= 11 is 0. The minimum absolute atomic E-state index is 0.602. The van der Waals surface area contributed by atoms with Crippen molar-refractivity contribution in [1.29, 1.82) is 0 Å². The molecule has 0 aromatic rings. The van der Waals surface area contributed by atoms with E-state index in [2.05, 4.69) is 6.58 Å². The van der Waals surface area contributed by atoms with Crippen LogP contribution < -0.4 is 11.5 Å². The molecule has 0 aliphatic carbocycles. The first-order chi connectivity index (χ1) is 3.55. The Labute approximate surface area is 49.9 Å². The van der Waals surface area contributed by atoms with Gasteiger partial charge < -0.3 is 11.5 Å². The van der Waals surface area contributed by atoms with Crippen molar-refractivity contribution in [3.63, 3.8) is 0 Å². The molecule has 0 aromatic heterocycles. The molecule has 8 heavy (non-hydrogen) atoms. The van der Waals surface area contributed by atoms with Crippen molar-refractivity contribution in [2.24, 2.45) is 11.5 Å². The van der Waals surface area contributed by atoms with E-state index in [0.29, 0.717) is 11.4 Å². The Hall–Kier alpha value is -0.920. The van der Waals surface area contributed by atoms with Crippen LogP contribution in [0.3, 0.4) is 0 Å². The number of allylic oxidation sites excluding steroid dienone is 2. The predicted molar refractivity (Wildman–Crippen MR) is 35.9 cm³/mol. The molecule has 0 aromatic carbocycles. The first-order valence-corrected chi connectivity index (χ1v) is 2.43. The number of hydrogen-bond donors (Lipinski definition) is 2. The van der Waals surface area contributed by atoms with E-state index in [0.717, 1.165) is 5.57 Å². The Kier molecular flexibility index (Phi) is 2.13. The second-order valence-electron chi connectivity index (χ2n) is 1.88. The molecule has 0 aliphatic heterocycles. The lowest BCUT2D eigenvalue weighted by molar-refractivity contribution is 1.16. The van der Waals surface area contributed by atoms with Crippen molar-refractivity contribution in [1.82, 2.24) is 0 Å². The van der Waals surface area contributed by atoms with Crippen LogP contribution in [-0.4, -0.2) is 0 Å². The molecule has 0 fully saturated rings. The van der Waals surface area contributed by atoms with Crippen LogP contribution in [0, 0.1) is 0 Å². The molecule has 0 saturated heterocycles. The van der Waals surface area contributed by atoms with E-state index < -0.39 is 0 Å². The summed E-state index contributed by atoms with van der Waals surface area (Å²) in [7, 11) is 0. The highest BCUT2D eigenvalue weighted by Crippen LogP contribution is 1.99. The average Bonchev–Trinajstić information content (AvgIpc) is 1.64. The van der Waals surface area contributed by atoms with Gasteiger partial charge in [-0.05, 0) is 19.4 Å². The summed E-state index contributed by atoms with van der Waals surface area (Å²) in [5, 5.41) is 0. The first kappa shape index (κ1) is 7.08. The van der Waals surface area contributed by atoms with Crippen molar-refractivity contribution < 1.29 is 0 Å². The molecule has 2 heteroatoms. The molecule has 0 spiro atoms. The highest BCUT2D eigenvalue weighted by atomic mass is 14.7. The Morgan fingerprint density at radius 3 is 1.62 bits per heavy atom. The minimum atomic E-state index is 0.602. The summed E-state index contributed by atoms with van der Waals surface area (Å²) in [5.41, 5.74) is 12.8. The van der Waals surface area contributed by atoms with E-state index in [9.17, 15) is 0 Å². The van der Waals surface area contributed by atoms with Crippen LogP contribution in [0.2, 0.25) is 0 Å². The van der Waals surface area contributed by atoms with Crippen LogP contribution in [0.1, 0.15) is 13.8 Å². The molecule has 0 atom stereocenters. The molecule has 0 aliphatic rings. The third-order valence-electron chi connectivity index (χ3n) is 0.885. The molecule has 0 rings (SSSR count). The molecule has 0 amide bonds. The lowest BCUT2D eigenvalue weighted by Crippen LogP contribution is -2.06. The van der Waals surface area contributed by atoms with Gasteiger partial charge in [0.25, 0.3) is 0 Å². The van der Waals surface area contributed by atoms with E-state index >= 15 is 0 Å². The summed E-state index contributed by atoms with van der Waals surface area (Å²) in [5.74, 6) is 0. The SMILES string of the molecule is C=C(C)/C(N)=C(/C)N. The largest absolute Gasteiger partial charge is 0.401 e. The van der Waals surface area contributed by atoms with Crippen LogP contribution >= 0.6 is 0 Å². The fourth-order valence-corrected chi connectivity index (χ4v) is 0.337. The molecule has 2 nitrogen and oxygen atoms in total. The number of rotatable bonds is 1. The van der Waals surface area contributed by atoms with Crippen molar-refractivity contribution in [2.45, 2.75) is 13.8 Å². The van der Waals surface area contributed by atoms with Gasteiger partial charge in [0, 0.05) is 5.70 Å². The molecule has 46 valence electrons. The molecule has 0 unspecified atom stereocenters. The smallest absolute Gasteiger partial charge is 0.0525 e. The molecule has 0 heterocycles. The van der Waals surface area contributed by atoms with E-state index in [-0.39, 0.29) is 0 Å². The van der Waals surface area contributed by atoms with Crippen LogP contribution in [-0.2, 0) is 0 Å². The average molecular weight is 112 g/mol. The second-order valence-corrected chi connectivity index (χ2v) is 1.88. The zero-order valence-electron chi connectivity index (χ0n) is 5.36. The maximum atomic E-state index is 5.41. The van der Waals surface area contributed by atoms with Crippen LogP contribution in [0.25, 0.3) is 0 Å². The number of nitrogens with two attached hydrogens (primary N) is 2. The van der Waals surface area contributed by atoms with Crippen molar-refractivity contribution in [3.05, 3.63) is 23.5 Å². The molecular formula is C6H12N2. The van der Waals surface area contributed by atoms with Crippen molar-refractivity contribution >= 4 is 0 Å². The van der Waals surface area contributed by atoms with Crippen molar-refractivity contribution in [3.8, 4) is 0 Å². The normalized spacial score (nSPS) is 12.8. The lowest BCUT2D eigenvalue weighted by Gasteiger charge is -1.99. The van der Waals surface area contributed by atoms with Crippen LogP contribution in [0.4, 0.5) is 0 Å². The predicted octanol–water partition coefficient (Wildman–Crippen LogP) is 0.711. The quantitative estimate of drug-likeness (QED) is 0.491. The fourth-order valence-electron chi connectivity index (χ4n) is 0.337. The van der Waals surface area contributed by atoms with Crippen LogP contribution in [0.5, 0.6) is 0 Å². The van der Waals surface area contributed by atoms with Gasteiger partial charge in [0.1, 0.15) is 0 Å². The molecule has 0 saturated carbocycles. The van der Waals surface area contributed by atoms with E-state index in [4.69, 9.17) is 11.5 Å². The van der Waals surface area contributed by atoms with E-state index in [1.165, 1.54) is 0 Å². The number of hydrogen-bond acceptors (Lipinski definition) is 2. The first-order valence-electron chi connectivity index (χ1n) is 2.43. The molecule has 0 bridgehead atoms. The second kappa shape index (κ2) is 2.40. The zero-order chi connectivity index (χ0) is 6.73. The highest BCUT2D eigenvalue weighted by molar-refractivity contribution is 5.25. The third-order valence-corrected chi connectivity index (χ3v) is 0.885. The zero-order valence-corrected chi connectivity index (χ0v) is 5.36. The van der Waals surface area contributed by atoms with Gasteiger partial charge in [0.05, 0.1) is 5.70 Å². The summed E-state index contributed by atoms with van der Waals surface area (Å²) in [6.07, 6.45) is 0. The van der Waals surface area contributed by atoms with Gasteiger partial charge in [-0.1, -0.05) is 6.58 Å². The van der Waals surface area contributed by atoms with Gasteiger partial charge in [0.2, 0.25) is 0 Å². The standard InChI is InChI=1S/C6H12N2/c1-4(2)6(8)5(3)7/h1,7-8H2,2-3H3/b6-5+. The highest BCUT2D eigenvalue weighted by Gasteiger charge is 1.90. The van der Waals surface area contributed by atoms with Gasteiger partial charge in [-0.2, -0.15) is 0 Å². The van der Waals surface area contributed by atoms with Gasteiger partial charge in [-0.25, -0.2) is 0 Å². The molecule has 0 radical (unpaired) electrons. The Morgan fingerprint density at radius 1 is 1.25 bits per heavy atom. The summed E-state index contributed by atoms with van der Waals surface area (Å²) in [6, 6.07) is 0. The molecular weight excluding hydrogens is 100 g/mol. The third kappa shape index (κ3) is 1.69. The summed E-state index contributed by atoms with van der Waals surface area (Å²) < 4.78 is 0. The van der Waals surface area contributed by atoms with Gasteiger partial charge in [-0.3, -0.25) is 0 Å². The maximum Gasteiger partial charge on any atom is 0.0525 e. The Balaban J connectivity index is 4.23. The topological polar surface area (TPSA) is 52.0 Å².